The molecule has 0 saturated carbocycles. The van der Waals surface area contributed by atoms with Crippen LogP contribution in [0.3, 0.4) is 0 Å². The lowest BCUT2D eigenvalue weighted by Crippen LogP contribution is -2.21. The van der Waals surface area contributed by atoms with Crippen LogP contribution >= 0.6 is 11.6 Å². The second-order valence-electron chi connectivity index (χ2n) is 4.40. The fourth-order valence-corrected chi connectivity index (χ4v) is 2.39. The molecule has 1 aliphatic rings. The summed E-state index contributed by atoms with van der Waals surface area (Å²) in [5.41, 5.74) is 0. The van der Waals surface area contributed by atoms with Gasteiger partial charge in [0.1, 0.15) is 5.02 Å². The minimum Gasteiger partial charge on any atom is -0.355 e. The second-order valence-corrected chi connectivity index (χ2v) is 4.81. The molecule has 1 aromatic rings. The highest BCUT2D eigenvalue weighted by molar-refractivity contribution is 6.32. The predicted molar refractivity (Wildman–Crippen MR) is 71.8 cm³/mol. The van der Waals surface area contributed by atoms with Crippen molar-refractivity contribution in [3.05, 3.63) is 11.2 Å². The standard InChI is InChI=1S/C12H19ClN4/c1-3-9-5-6-17(8-9)11-10(13)7-15-12(16-11)14-4-2/h7,9H,3-6,8H2,1-2H3,(H,14,15,16). The Hall–Kier alpha value is -1.03. The first-order valence-electron chi connectivity index (χ1n) is 6.26. The van der Waals surface area contributed by atoms with Crippen molar-refractivity contribution in [2.45, 2.75) is 26.7 Å². The molecule has 1 unspecified atom stereocenters. The van der Waals surface area contributed by atoms with Crippen molar-refractivity contribution in [2.75, 3.05) is 29.9 Å². The van der Waals surface area contributed by atoms with E-state index in [1.807, 2.05) is 6.92 Å². The average Bonchev–Trinajstić information content (AvgIpc) is 2.80. The zero-order chi connectivity index (χ0) is 12.3. The van der Waals surface area contributed by atoms with Gasteiger partial charge in [-0.25, -0.2) is 4.98 Å². The summed E-state index contributed by atoms with van der Waals surface area (Å²) in [6.07, 6.45) is 4.13. The van der Waals surface area contributed by atoms with Crippen LogP contribution in [0.25, 0.3) is 0 Å². The average molecular weight is 255 g/mol. The van der Waals surface area contributed by atoms with Gasteiger partial charge in [-0.05, 0) is 19.3 Å². The van der Waals surface area contributed by atoms with E-state index >= 15 is 0 Å². The van der Waals surface area contributed by atoms with E-state index in [2.05, 4.69) is 27.1 Å². The molecular formula is C12H19ClN4. The predicted octanol–water partition coefficient (Wildman–Crippen LogP) is 2.80. The van der Waals surface area contributed by atoms with E-state index in [-0.39, 0.29) is 0 Å². The quantitative estimate of drug-likeness (QED) is 0.897. The minimum atomic E-state index is 0.642. The fraction of sp³-hybridized carbons (Fsp3) is 0.667. The molecule has 0 spiro atoms. The lowest BCUT2D eigenvalue weighted by atomic mass is 10.1. The van der Waals surface area contributed by atoms with E-state index < -0.39 is 0 Å². The van der Waals surface area contributed by atoms with Crippen LogP contribution in [0.5, 0.6) is 0 Å². The van der Waals surface area contributed by atoms with Crippen molar-refractivity contribution in [3.63, 3.8) is 0 Å². The summed E-state index contributed by atoms with van der Waals surface area (Å²) in [4.78, 5) is 10.9. The smallest absolute Gasteiger partial charge is 0.224 e. The molecule has 0 aliphatic carbocycles. The number of rotatable bonds is 4. The van der Waals surface area contributed by atoms with Gasteiger partial charge in [-0.2, -0.15) is 4.98 Å². The first-order chi connectivity index (χ1) is 8.24. The summed E-state index contributed by atoms with van der Waals surface area (Å²) in [7, 11) is 0. The van der Waals surface area contributed by atoms with Gasteiger partial charge in [-0.15, -0.1) is 0 Å². The van der Waals surface area contributed by atoms with Crippen molar-refractivity contribution in [1.29, 1.82) is 0 Å². The van der Waals surface area contributed by atoms with Crippen LogP contribution in [0.2, 0.25) is 5.02 Å². The van der Waals surface area contributed by atoms with E-state index in [4.69, 9.17) is 11.6 Å². The van der Waals surface area contributed by atoms with Crippen LogP contribution in [0, 0.1) is 5.92 Å². The van der Waals surface area contributed by atoms with E-state index in [0.29, 0.717) is 11.0 Å². The lowest BCUT2D eigenvalue weighted by Gasteiger charge is -2.19. The molecule has 5 heteroatoms. The van der Waals surface area contributed by atoms with Gasteiger partial charge in [0.25, 0.3) is 0 Å². The first-order valence-corrected chi connectivity index (χ1v) is 6.63. The molecule has 1 aliphatic heterocycles. The summed E-state index contributed by atoms with van der Waals surface area (Å²) >= 11 is 6.17. The number of nitrogens with one attached hydrogen (secondary N) is 1. The van der Waals surface area contributed by atoms with E-state index in [9.17, 15) is 0 Å². The van der Waals surface area contributed by atoms with Crippen molar-refractivity contribution in [1.82, 2.24) is 9.97 Å². The van der Waals surface area contributed by atoms with E-state index in [0.717, 1.165) is 31.4 Å². The number of hydrogen-bond acceptors (Lipinski definition) is 4. The SMILES string of the molecule is CCNc1ncc(Cl)c(N2CCC(CC)C2)n1. The third-order valence-corrected chi connectivity index (χ3v) is 3.49. The number of nitrogens with zero attached hydrogens (tertiary/aromatic N) is 3. The zero-order valence-electron chi connectivity index (χ0n) is 10.4. The van der Waals surface area contributed by atoms with Gasteiger partial charge < -0.3 is 10.2 Å². The minimum absolute atomic E-state index is 0.642. The Morgan fingerprint density at radius 3 is 3.00 bits per heavy atom. The van der Waals surface area contributed by atoms with Crippen LogP contribution in [-0.2, 0) is 0 Å². The van der Waals surface area contributed by atoms with Crippen molar-refractivity contribution in [3.8, 4) is 0 Å². The van der Waals surface area contributed by atoms with E-state index in [1.54, 1.807) is 6.20 Å². The molecule has 0 bridgehead atoms. The highest BCUT2D eigenvalue weighted by Gasteiger charge is 2.24. The molecule has 0 aromatic carbocycles. The normalized spacial score (nSPS) is 19.7. The number of hydrogen-bond donors (Lipinski definition) is 1. The molecule has 2 heterocycles. The van der Waals surface area contributed by atoms with Gasteiger partial charge in [0, 0.05) is 19.6 Å². The first kappa shape index (κ1) is 12.4. The Morgan fingerprint density at radius 1 is 1.53 bits per heavy atom. The van der Waals surface area contributed by atoms with Gasteiger partial charge >= 0.3 is 0 Å². The van der Waals surface area contributed by atoms with Crippen LogP contribution < -0.4 is 10.2 Å². The maximum atomic E-state index is 6.17. The highest BCUT2D eigenvalue weighted by atomic mass is 35.5. The Morgan fingerprint density at radius 2 is 2.35 bits per heavy atom. The number of aromatic nitrogens is 2. The molecule has 1 fully saturated rings. The Labute approximate surface area is 107 Å². The van der Waals surface area contributed by atoms with Gasteiger partial charge in [-0.3, -0.25) is 0 Å². The maximum absolute atomic E-state index is 6.17. The number of anilines is 2. The van der Waals surface area contributed by atoms with Crippen LogP contribution in [-0.4, -0.2) is 29.6 Å². The lowest BCUT2D eigenvalue weighted by molar-refractivity contribution is 0.568. The second kappa shape index (κ2) is 5.54. The molecule has 1 N–H and O–H groups in total. The van der Waals surface area contributed by atoms with Crippen molar-refractivity contribution in [2.24, 2.45) is 5.92 Å². The molecular weight excluding hydrogens is 236 g/mol. The molecule has 0 amide bonds. The van der Waals surface area contributed by atoms with Crippen molar-refractivity contribution < 1.29 is 0 Å². The monoisotopic (exact) mass is 254 g/mol. The molecule has 2 rings (SSSR count). The summed E-state index contributed by atoms with van der Waals surface area (Å²) < 4.78 is 0. The van der Waals surface area contributed by atoms with Gasteiger partial charge in [0.2, 0.25) is 5.95 Å². The highest BCUT2D eigenvalue weighted by Crippen LogP contribution is 2.29. The third-order valence-electron chi connectivity index (χ3n) is 3.22. The summed E-state index contributed by atoms with van der Waals surface area (Å²) in [5.74, 6) is 2.30. The van der Waals surface area contributed by atoms with Crippen molar-refractivity contribution >= 4 is 23.4 Å². The maximum Gasteiger partial charge on any atom is 0.224 e. The Balaban J connectivity index is 2.16. The Kier molecular flexibility index (Phi) is 4.05. The molecule has 94 valence electrons. The largest absolute Gasteiger partial charge is 0.355 e. The summed E-state index contributed by atoms with van der Waals surface area (Å²) in [6.45, 7) is 7.18. The zero-order valence-corrected chi connectivity index (χ0v) is 11.2. The molecule has 17 heavy (non-hydrogen) atoms. The van der Waals surface area contributed by atoms with Gasteiger partial charge in [0.05, 0.1) is 6.20 Å². The molecule has 1 aromatic heterocycles. The third kappa shape index (κ3) is 2.80. The number of halogens is 1. The fourth-order valence-electron chi connectivity index (χ4n) is 2.18. The molecule has 4 nitrogen and oxygen atoms in total. The topological polar surface area (TPSA) is 41.1 Å². The summed E-state index contributed by atoms with van der Waals surface area (Å²) in [5, 5.41) is 3.76. The molecule has 0 radical (unpaired) electrons. The van der Waals surface area contributed by atoms with Crippen LogP contribution in [0.4, 0.5) is 11.8 Å². The van der Waals surface area contributed by atoms with Crippen LogP contribution in [0.1, 0.15) is 26.7 Å². The van der Waals surface area contributed by atoms with Crippen LogP contribution in [0.15, 0.2) is 6.20 Å². The molecule has 1 atom stereocenters. The summed E-state index contributed by atoms with van der Waals surface area (Å²) in [6, 6.07) is 0. The van der Waals surface area contributed by atoms with E-state index in [1.165, 1.54) is 12.8 Å². The van der Waals surface area contributed by atoms with Gasteiger partial charge in [0.15, 0.2) is 5.82 Å². The molecule has 1 saturated heterocycles. The Bertz CT molecular complexity index is 383. The van der Waals surface area contributed by atoms with Gasteiger partial charge in [-0.1, -0.05) is 24.9 Å².